The van der Waals surface area contributed by atoms with E-state index in [-0.39, 0.29) is 17.2 Å². The van der Waals surface area contributed by atoms with Crippen LogP contribution in [0.3, 0.4) is 0 Å². The number of hydrogen-bond acceptors (Lipinski definition) is 5. The molecule has 0 aliphatic heterocycles. The number of sulfonamides is 1. The summed E-state index contributed by atoms with van der Waals surface area (Å²) in [6.45, 7) is 3.37. The maximum absolute atomic E-state index is 12.2. The Labute approximate surface area is 134 Å². The number of nitrogens with one attached hydrogen (secondary N) is 1. The molecule has 1 aromatic heterocycles. The van der Waals surface area contributed by atoms with E-state index < -0.39 is 10.0 Å². The van der Waals surface area contributed by atoms with E-state index >= 15 is 0 Å². The molecule has 1 aromatic carbocycles. The molecular formula is C14H17ClN2O4S. The van der Waals surface area contributed by atoms with Crippen molar-refractivity contribution in [2.45, 2.75) is 25.2 Å². The van der Waals surface area contributed by atoms with Crippen LogP contribution in [0.1, 0.15) is 17.0 Å². The zero-order valence-corrected chi connectivity index (χ0v) is 14.1. The predicted octanol–water partition coefficient (Wildman–Crippen LogP) is 2.47. The van der Waals surface area contributed by atoms with Crippen molar-refractivity contribution in [3.05, 3.63) is 40.2 Å². The maximum Gasteiger partial charge on any atom is 0.245 e. The SMILES string of the molecule is COc1ccc(CCNS(=O)(=O)c2c(C)noc2C)c(Cl)c1. The van der Waals surface area contributed by atoms with E-state index in [0.29, 0.717) is 22.9 Å². The van der Waals surface area contributed by atoms with Gasteiger partial charge in [0.05, 0.1) is 7.11 Å². The van der Waals surface area contributed by atoms with Crippen molar-refractivity contribution >= 4 is 21.6 Å². The van der Waals surface area contributed by atoms with Gasteiger partial charge < -0.3 is 9.26 Å². The first-order chi connectivity index (χ1) is 10.3. The predicted molar refractivity (Wildman–Crippen MR) is 82.9 cm³/mol. The van der Waals surface area contributed by atoms with Crippen LogP contribution in [0.4, 0.5) is 0 Å². The number of benzene rings is 1. The second-order valence-electron chi connectivity index (χ2n) is 4.76. The Morgan fingerprint density at radius 2 is 2.09 bits per heavy atom. The minimum Gasteiger partial charge on any atom is -0.497 e. The average molecular weight is 345 g/mol. The van der Waals surface area contributed by atoms with Gasteiger partial charge in [0.1, 0.15) is 16.3 Å². The molecule has 8 heteroatoms. The number of halogens is 1. The fourth-order valence-electron chi connectivity index (χ4n) is 2.11. The van der Waals surface area contributed by atoms with Gasteiger partial charge >= 0.3 is 0 Å². The molecule has 0 saturated carbocycles. The van der Waals surface area contributed by atoms with Crippen molar-refractivity contribution in [2.24, 2.45) is 0 Å². The van der Waals surface area contributed by atoms with Gasteiger partial charge in [0, 0.05) is 11.6 Å². The minimum atomic E-state index is -3.65. The smallest absolute Gasteiger partial charge is 0.245 e. The van der Waals surface area contributed by atoms with E-state index in [1.165, 1.54) is 0 Å². The first-order valence-corrected chi connectivity index (χ1v) is 8.46. The summed E-state index contributed by atoms with van der Waals surface area (Å²) in [5.41, 5.74) is 1.18. The van der Waals surface area contributed by atoms with E-state index in [0.717, 1.165) is 5.56 Å². The Bertz CT molecular complexity index is 752. The van der Waals surface area contributed by atoms with Gasteiger partial charge in [0.2, 0.25) is 10.0 Å². The highest BCUT2D eigenvalue weighted by Crippen LogP contribution is 2.23. The van der Waals surface area contributed by atoms with Gasteiger partial charge in [-0.05, 0) is 38.0 Å². The minimum absolute atomic E-state index is 0.0910. The van der Waals surface area contributed by atoms with Gasteiger partial charge in [-0.2, -0.15) is 0 Å². The zero-order valence-electron chi connectivity index (χ0n) is 12.5. The lowest BCUT2D eigenvalue weighted by Crippen LogP contribution is -2.26. The quantitative estimate of drug-likeness (QED) is 0.870. The van der Waals surface area contributed by atoms with Crippen LogP contribution in [-0.2, 0) is 16.4 Å². The molecule has 0 amide bonds. The number of nitrogens with zero attached hydrogens (tertiary/aromatic N) is 1. The van der Waals surface area contributed by atoms with E-state index in [4.69, 9.17) is 20.9 Å². The summed E-state index contributed by atoms with van der Waals surface area (Å²) in [7, 11) is -2.09. The first-order valence-electron chi connectivity index (χ1n) is 6.60. The summed E-state index contributed by atoms with van der Waals surface area (Å²) in [4.78, 5) is 0.0910. The molecule has 6 nitrogen and oxygen atoms in total. The molecule has 0 fully saturated rings. The van der Waals surface area contributed by atoms with Crippen molar-refractivity contribution in [3.63, 3.8) is 0 Å². The Morgan fingerprint density at radius 3 is 2.64 bits per heavy atom. The lowest BCUT2D eigenvalue weighted by atomic mass is 10.1. The van der Waals surface area contributed by atoms with Gasteiger partial charge in [-0.3, -0.25) is 0 Å². The van der Waals surface area contributed by atoms with E-state index in [1.54, 1.807) is 33.1 Å². The highest BCUT2D eigenvalue weighted by atomic mass is 35.5. The third kappa shape index (κ3) is 3.60. The average Bonchev–Trinajstić information content (AvgIpc) is 2.80. The molecule has 2 aromatic rings. The number of aryl methyl sites for hydroxylation is 2. The van der Waals surface area contributed by atoms with Crippen LogP contribution in [0.15, 0.2) is 27.6 Å². The van der Waals surface area contributed by atoms with Crippen molar-refractivity contribution in [1.29, 1.82) is 0 Å². The van der Waals surface area contributed by atoms with E-state index in [1.807, 2.05) is 6.07 Å². The number of methoxy groups -OCH3 is 1. The second kappa shape index (κ2) is 6.68. The molecule has 22 heavy (non-hydrogen) atoms. The molecule has 120 valence electrons. The number of rotatable bonds is 6. The summed E-state index contributed by atoms with van der Waals surface area (Å²) in [6, 6.07) is 5.29. The summed E-state index contributed by atoms with van der Waals surface area (Å²) in [6.07, 6.45) is 0.464. The number of hydrogen-bond donors (Lipinski definition) is 1. The van der Waals surface area contributed by atoms with Crippen LogP contribution in [0.2, 0.25) is 5.02 Å². The highest BCUT2D eigenvalue weighted by molar-refractivity contribution is 7.89. The lowest BCUT2D eigenvalue weighted by molar-refractivity contribution is 0.390. The Balaban J connectivity index is 2.05. The molecule has 1 heterocycles. The largest absolute Gasteiger partial charge is 0.497 e. The van der Waals surface area contributed by atoms with Crippen LogP contribution in [0, 0.1) is 13.8 Å². The fraction of sp³-hybridized carbons (Fsp3) is 0.357. The molecule has 1 N–H and O–H groups in total. The van der Waals surface area contributed by atoms with Gasteiger partial charge in [0.25, 0.3) is 0 Å². The van der Waals surface area contributed by atoms with E-state index in [9.17, 15) is 8.42 Å². The molecular weight excluding hydrogens is 328 g/mol. The van der Waals surface area contributed by atoms with Crippen molar-refractivity contribution < 1.29 is 17.7 Å². The number of aromatic nitrogens is 1. The Morgan fingerprint density at radius 1 is 1.36 bits per heavy atom. The fourth-order valence-corrected chi connectivity index (χ4v) is 3.73. The standard InChI is InChI=1S/C14H17ClN2O4S/c1-9-14(10(2)21-17-9)22(18,19)16-7-6-11-4-5-12(20-3)8-13(11)15/h4-5,8,16H,6-7H2,1-3H3. The molecule has 0 radical (unpaired) electrons. The third-order valence-corrected chi connectivity index (χ3v) is 5.24. The molecule has 0 bridgehead atoms. The Kier molecular flexibility index (Phi) is 5.10. The summed E-state index contributed by atoms with van der Waals surface area (Å²) in [5.74, 6) is 0.928. The molecule has 0 saturated heterocycles. The van der Waals surface area contributed by atoms with Gasteiger partial charge in [0.15, 0.2) is 5.76 Å². The molecule has 2 rings (SSSR count). The van der Waals surface area contributed by atoms with Crippen LogP contribution in [0.5, 0.6) is 5.75 Å². The lowest BCUT2D eigenvalue weighted by Gasteiger charge is -2.08. The molecule has 0 unspecified atom stereocenters. The first kappa shape index (κ1) is 16.8. The highest BCUT2D eigenvalue weighted by Gasteiger charge is 2.23. The Hall–Kier alpha value is -1.57. The molecule has 0 spiro atoms. The third-order valence-electron chi connectivity index (χ3n) is 3.18. The topological polar surface area (TPSA) is 81.4 Å². The van der Waals surface area contributed by atoms with Gasteiger partial charge in [-0.1, -0.05) is 22.8 Å². The van der Waals surface area contributed by atoms with Crippen LogP contribution >= 0.6 is 11.6 Å². The van der Waals surface area contributed by atoms with Crippen molar-refractivity contribution in [3.8, 4) is 5.75 Å². The maximum atomic E-state index is 12.2. The van der Waals surface area contributed by atoms with Crippen LogP contribution in [0.25, 0.3) is 0 Å². The van der Waals surface area contributed by atoms with Crippen molar-refractivity contribution in [2.75, 3.05) is 13.7 Å². The second-order valence-corrected chi connectivity index (χ2v) is 6.87. The summed E-state index contributed by atoms with van der Waals surface area (Å²) < 4.78 is 37.0. The van der Waals surface area contributed by atoms with Crippen LogP contribution in [-0.4, -0.2) is 27.2 Å². The summed E-state index contributed by atoms with van der Waals surface area (Å²) >= 11 is 6.13. The molecule has 0 aliphatic rings. The van der Waals surface area contributed by atoms with Crippen molar-refractivity contribution in [1.82, 2.24) is 9.88 Å². The summed E-state index contributed by atoms with van der Waals surface area (Å²) in [5, 5.41) is 4.19. The van der Waals surface area contributed by atoms with Gasteiger partial charge in [-0.25, -0.2) is 13.1 Å². The van der Waals surface area contributed by atoms with Gasteiger partial charge in [-0.15, -0.1) is 0 Å². The molecule has 0 atom stereocenters. The monoisotopic (exact) mass is 344 g/mol. The molecule has 0 aliphatic carbocycles. The van der Waals surface area contributed by atoms with Crippen LogP contribution < -0.4 is 9.46 Å². The zero-order chi connectivity index (χ0) is 16.3. The normalized spacial score (nSPS) is 11.6. The van der Waals surface area contributed by atoms with E-state index in [2.05, 4.69) is 9.88 Å². The number of ether oxygens (including phenoxy) is 1.